The van der Waals surface area contributed by atoms with E-state index < -0.39 is 9.84 Å². The van der Waals surface area contributed by atoms with Gasteiger partial charge in [-0.2, -0.15) is 0 Å². The summed E-state index contributed by atoms with van der Waals surface area (Å²) in [5, 5.41) is 3.95. The predicted octanol–water partition coefficient (Wildman–Crippen LogP) is 3.42. The predicted molar refractivity (Wildman–Crippen MR) is 85.9 cm³/mol. The van der Waals surface area contributed by atoms with E-state index in [2.05, 4.69) is 19.2 Å². The highest BCUT2D eigenvalue weighted by molar-refractivity contribution is 7.90. The van der Waals surface area contributed by atoms with Gasteiger partial charge in [0.05, 0.1) is 11.5 Å². The molecule has 0 aliphatic heterocycles. The van der Waals surface area contributed by atoms with Crippen molar-refractivity contribution in [2.24, 2.45) is 0 Å². The highest BCUT2D eigenvalue weighted by Gasteiger charge is 2.18. The van der Waals surface area contributed by atoms with Crippen molar-refractivity contribution in [2.45, 2.75) is 44.9 Å². The third-order valence-electron chi connectivity index (χ3n) is 3.08. The van der Waals surface area contributed by atoms with Crippen LogP contribution in [0.15, 0.2) is 24.3 Å². The van der Waals surface area contributed by atoms with Crippen molar-refractivity contribution in [2.75, 3.05) is 12.3 Å². The Hall–Kier alpha value is -0.580. The molecule has 1 rings (SSSR count). The Bertz CT molecular complexity index is 485. The monoisotopic (exact) mass is 317 g/mol. The summed E-state index contributed by atoms with van der Waals surface area (Å²) in [6.07, 6.45) is 2.88. The molecule has 0 saturated carbocycles. The van der Waals surface area contributed by atoms with Gasteiger partial charge in [-0.1, -0.05) is 44.0 Å². The van der Waals surface area contributed by atoms with Crippen molar-refractivity contribution >= 4 is 21.4 Å². The van der Waals surface area contributed by atoms with Crippen molar-refractivity contribution in [3.8, 4) is 0 Å². The molecular weight excluding hydrogens is 294 g/mol. The zero-order valence-electron chi connectivity index (χ0n) is 12.2. The van der Waals surface area contributed by atoms with Crippen LogP contribution in [-0.2, 0) is 15.6 Å². The van der Waals surface area contributed by atoms with Crippen molar-refractivity contribution < 1.29 is 8.42 Å². The van der Waals surface area contributed by atoms with Gasteiger partial charge in [-0.3, -0.25) is 0 Å². The van der Waals surface area contributed by atoms with Crippen LogP contribution in [0.25, 0.3) is 0 Å². The van der Waals surface area contributed by atoms with Crippen molar-refractivity contribution in [3.05, 3.63) is 34.9 Å². The van der Waals surface area contributed by atoms with Crippen LogP contribution in [0.1, 0.15) is 38.7 Å². The average Bonchev–Trinajstić information content (AvgIpc) is 2.38. The normalized spacial score (nSPS) is 13.3. The summed E-state index contributed by atoms with van der Waals surface area (Å²) >= 11 is 5.81. The third kappa shape index (κ3) is 6.73. The molecule has 0 bridgehead atoms. The summed E-state index contributed by atoms with van der Waals surface area (Å²) < 4.78 is 24.5. The Balaban J connectivity index is 2.64. The van der Waals surface area contributed by atoms with Gasteiger partial charge < -0.3 is 5.32 Å². The molecule has 5 heteroatoms. The van der Waals surface area contributed by atoms with Crippen LogP contribution in [0.5, 0.6) is 0 Å². The third-order valence-corrected chi connectivity index (χ3v) is 5.01. The van der Waals surface area contributed by atoms with E-state index >= 15 is 0 Å². The van der Waals surface area contributed by atoms with E-state index in [1.807, 2.05) is 0 Å². The lowest BCUT2D eigenvalue weighted by molar-refractivity contribution is 0.499. The first-order valence-corrected chi connectivity index (χ1v) is 9.35. The van der Waals surface area contributed by atoms with Gasteiger partial charge in [-0.15, -0.1) is 0 Å². The molecule has 0 heterocycles. The molecule has 0 saturated heterocycles. The largest absolute Gasteiger partial charge is 0.313 e. The van der Waals surface area contributed by atoms with Gasteiger partial charge in [0.25, 0.3) is 0 Å². The second kappa shape index (κ2) is 8.65. The lowest BCUT2D eigenvalue weighted by Crippen LogP contribution is -2.36. The number of benzene rings is 1. The first-order valence-electron chi connectivity index (χ1n) is 7.15. The van der Waals surface area contributed by atoms with Crippen molar-refractivity contribution in [1.82, 2.24) is 5.32 Å². The Morgan fingerprint density at radius 1 is 1.15 bits per heavy atom. The molecule has 3 nitrogen and oxygen atoms in total. The fraction of sp³-hybridized carbons (Fsp3) is 0.600. The lowest BCUT2D eigenvalue weighted by Gasteiger charge is -2.17. The van der Waals surface area contributed by atoms with Gasteiger partial charge in [0, 0.05) is 11.1 Å². The van der Waals surface area contributed by atoms with Crippen LogP contribution < -0.4 is 5.32 Å². The second-order valence-electron chi connectivity index (χ2n) is 5.12. The minimum atomic E-state index is -3.10. The van der Waals surface area contributed by atoms with E-state index in [1.165, 1.54) is 0 Å². The van der Waals surface area contributed by atoms with Crippen LogP contribution in [0.4, 0.5) is 0 Å². The summed E-state index contributed by atoms with van der Waals surface area (Å²) in [6.45, 7) is 5.02. The number of sulfone groups is 1. The summed E-state index contributed by atoms with van der Waals surface area (Å²) in [6, 6.07) is 7.05. The smallest absolute Gasteiger partial charge is 0.155 e. The summed E-state index contributed by atoms with van der Waals surface area (Å²) in [4.78, 5) is 0. The summed E-state index contributed by atoms with van der Waals surface area (Å²) in [7, 11) is -3.10. The van der Waals surface area contributed by atoms with Crippen LogP contribution >= 0.6 is 11.6 Å². The molecule has 0 spiro atoms. The number of nitrogens with one attached hydrogen (secondary N) is 1. The molecule has 1 N–H and O–H groups in total. The first-order chi connectivity index (χ1) is 9.46. The molecule has 0 fully saturated rings. The molecule has 0 aliphatic carbocycles. The average molecular weight is 318 g/mol. The van der Waals surface area contributed by atoms with Gasteiger partial charge in [-0.25, -0.2) is 8.42 Å². The molecule has 1 aromatic carbocycles. The van der Waals surface area contributed by atoms with E-state index in [1.54, 1.807) is 24.3 Å². The van der Waals surface area contributed by atoms with E-state index in [0.717, 1.165) is 31.4 Å². The van der Waals surface area contributed by atoms with Gasteiger partial charge in [0.2, 0.25) is 0 Å². The Kier molecular flexibility index (Phi) is 7.56. The molecule has 20 heavy (non-hydrogen) atoms. The maximum absolute atomic E-state index is 12.3. The quantitative estimate of drug-likeness (QED) is 0.759. The topological polar surface area (TPSA) is 46.2 Å². The van der Waals surface area contributed by atoms with Crippen LogP contribution in [0, 0.1) is 0 Å². The Labute approximate surface area is 127 Å². The first kappa shape index (κ1) is 17.5. The molecule has 1 atom stereocenters. The highest BCUT2D eigenvalue weighted by atomic mass is 35.5. The van der Waals surface area contributed by atoms with Crippen LogP contribution in [-0.4, -0.2) is 26.8 Å². The standard InChI is InChI=1S/C15H24ClNO2S/c1-3-5-15(17-10-4-2)12-20(18,19)11-13-6-8-14(16)9-7-13/h6-9,15,17H,3-5,10-12H2,1-2H3. The molecule has 0 radical (unpaired) electrons. The minimum Gasteiger partial charge on any atom is -0.313 e. The summed E-state index contributed by atoms with van der Waals surface area (Å²) in [5.41, 5.74) is 0.792. The number of hydrogen-bond acceptors (Lipinski definition) is 3. The maximum Gasteiger partial charge on any atom is 0.155 e. The fourth-order valence-electron chi connectivity index (χ4n) is 2.14. The maximum atomic E-state index is 12.3. The van der Waals surface area contributed by atoms with Crippen molar-refractivity contribution in [1.29, 1.82) is 0 Å². The number of rotatable bonds is 9. The van der Waals surface area contributed by atoms with E-state index in [0.29, 0.717) is 5.02 Å². The Morgan fingerprint density at radius 2 is 1.80 bits per heavy atom. The molecular formula is C15H24ClNO2S. The molecule has 0 aromatic heterocycles. The number of halogens is 1. The fourth-order valence-corrected chi connectivity index (χ4v) is 3.98. The van der Waals surface area contributed by atoms with Gasteiger partial charge >= 0.3 is 0 Å². The van der Waals surface area contributed by atoms with E-state index in [4.69, 9.17) is 11.6 Å². The second-order valence-corrected chi connectivity index (χ2v) is 7.67. The highest BCUT2D eigenvalue weighted by Crippen LogP contribution is 2.13. The molecule has 0 amide bonds. The summed E-state index contributed by atoms with van der Waals surface area (Å²) in [5.74, 6) is 0.279. The molecule has 0 aliphatic rings. The SMILES string of the molecule is CCCNC(CCC)CS(=O)(=O)Cc1ccc(Cl)cc1. The molecule has 114 valence electrons. The van der Waals surface area contributed by atoms with Gasteiger partial charge in [0.1, 0.15) is 0 Å². The van der Waals surface area contributed by atoms with E-state index in [-0.39, 0.29) is 17.5 Å². The van der Waals surface area contributed by atoms with Gasteiger partial charge in [-0.05, 0) is 37.1 Å². The zero-order valence-corrected chi connectivity index (χ0v) is 13.8. The van der Waals surface area contributed by atoms with Gasteiger partial charge in [0.15, 0.2) is 9.84 Å². The zero-order chi connectivity index (χ0) is 15.0. The van der Waals surface area contributed by atoms with Crippen molar-refractivity contribution in [3.63, 3.8) is 0 Å². The van der Waals surface area contributed by atoms with Crippen LogP contribution in [0.2, 0.25) is 5.02 Å². The Morgan fingerprint density at radius 3 is 2.35 bits per heavy atom. The molecule has 1 aromatic rings. The lowest BCUT2D eigenvalue weighted by atomic mass is 10.2. The van der Waals surface area contributed by atoms with Crippen LogP contribution in [0.3, 0.4) is 0 Å². The number of hydrogen-bond donors (Lipinski definition) is 1. The molecule has 1 unspecified atom stereocenters. The van der Waals surface area contributed by atoms with E-state index in [9.17, 15) is 8.42 Å². The minimum absolute atomic E-state index is 0.0530.